The molecule has 104 valence electrons. The van der Waals surface area contributed by atoms with Crippen molar-refractivity contribution < 1.29 is 0 Å². The molecule has 2 aromatic rings. The molecule has 0 spiro atoms. The average Bonchev–Trinajstić information content (AvgIpc) is 2.66. The number of aromatic nitrogens is 2. The van der Waals surface area contributed by atoms with Crippen molar-refractivity contribution in [3.8, 4) is 0 Å². The molecule has 0 bridgehead atoms. The van der Waals surface area contributed by atoms with Crippen LogP contribution in [-0.4, -0.2) is 23.1 Å². The molecule has 0 atom stereocenters. The van der Waals surface area contributed by atoms with Gasteiger partial charge in [-0.25, -0.2) is 9.97 Å². The molecule has 0 amide bonds. The molecule has 2 heterocycles. The Morgan fingerprint density at radius 1 is 1.15 bits per heavy atom. The number of rotatable bonds is 2. The quantitative estimate of drug-likeness (QED) is 0.813. The summed E-state index contributed by atoms with van der Waals surface area (Å²) < 4.78 is 0.996. The highest BCUT2D eigenvalue weighted by molar-refractivity contribution is 9.10. The van der Waals surface area contributed by atoms with Crippen molar-refractivity contribution >= 4 is 39.0 Å². The first-order valence-electron chi connectivity index (χ1n) is 6.51. The molecule has 2 N–H and O–H groups in total. The van der Waals surface area contributed by atoms with Gasteiger partial charge in [-0.15, -0.1) is 0 Å². The summed E-state index contributed by atoms with van der Waals surface area (Å²) in [4.78, 5) is 8.72. The van der Waals surface area contributed by atoms with Crippen LogP contribution in [0.3, 0.4) is 0 Å². The molecule has 0 saturated heterocycles. The summed E-state index contributed by atoms with van der Waals surface area (Å²) in [5.74, 6) is 0.801. The molecular weight excluding hydrogens is 340 g/mol. The van der Waals surface area contributed by atoms with Gasteiger partial charge in [0.15, 0.2) is 0 Å². The number of nitrogens with zero attached hydrogens (tertiary/aromatic N) is 2. The number of nitrogens with one attached hydrogen (secondary N) is 2. The first-order chi connectivity index (χ1) is 9.74. The third kappa shape index (κ3) is 2.95. The zero-order valence-corrected chi connectivity index (χ0v) is 13.1. The van der Waals surface area contributed by atoms with Crippen molar-refractivity contribution in [2.24, 2.45) is 0 Å². The van der Waals surface area contributed by atoms with Crippen molar-refractivity contribution in [2.75, 3.05) is 18.4 Å². The van der Waals surface area contributed by atoms with Crippen LogP contribution in [0.1, 0.15) is 11.3 Å². The van der Waals surface area contributed by atoms with Crippen LogP contribution in [0.15, 0.2) is 28.7 Å². The SMILES string of the molecule is Clc1nc2c(c(Nc3ccccc3Br)n1)CCNCC2. The van der Waals surface area contributed by atoms with Crippen LogP contribution >= 0.6 is 27.5 Å². The standard InChI is InChI=1S/C14H14BrClN4/c15-10-3-1-2-4-12(10)18-13-9-5-7-17-8-6-11(9)19-14(16)20-13/h1-4,17H,5-8H2,(H,18,19,20). The fourth-order valence-electron chi connectivity index (χ4n) is 2.31. The van der Waals surface area contributed by atoms with E-state index in [-0.39, 0.29) is 0 Å². The smallest absolute Gasteiger partial charge is 0.224 e. The van der Waals surface area contributed by atoms with Crippen LogP contribution in [0.4, 0.5) is 11.5 Å². The van der Waals surface area contributed by atoms with Crippen LogP contribution in [0.2, 0.25) is 5.28 Å². The third-order valence-corrected chi connectivity index (χ3v) is 4.14. The number of hydrogen-bond acceptors (Lipinski definition) is 4. The lowest BCUT2D eigenvalue weighted by atomic mass is 10.1. The summed E-state index contributed by atoms with van der Waals surface area (Å²) in [7, 11) is 0. The lowest BCUT2D eigenvalue weighted by Crippen LogP contribution is -2.16. The van der Waals surface area contributed by atoms with E-state index in [1.54, 1.807) is 0 Å². The molecule has 0 fully saturated rings. The summed E-state index contributed by atoms with van der Waals surface area (Å²) in [6.45, 7) is 1.86. The van der Waals surface area contributed by atoms with Gasteiger partial charge in [-0.05, 0) is 52.6 Å². The Morgan fingerprint density at radius 2 is 1.95 bits per heavy atom. The van der Waals surface area contributed by atoms with E-state index in [4.69, 9.17) is 11.6 Å². The Balaban J connectivity index is 2.01. The zero-order valence-electron chi connectivity index (χ0n) is 10.8. The lowest BCUT2D eigenvalue weighted by molar-refractivity contribution is 0.708. The predicted molar refractivity (Wildman–Crippen MR) is 84.7 cm³/mol. The van der Waals surface area contributed by atoms with Crippen LogP contribution in [0.25, 0.3) is 0 Å². The molecule has 0 unspecified atom stereocenters. The van der Waals surface area contributed by atoms with E-state index in [0.717, 1.165) is 53.2 Å². The minimum atomic E-state index is 0.292. The number of para-hydroxylation sites is 1. The molecule has 1 aromatic heterocycles. The molecule has 0 saturated carbocycles. The molecule has 0 aliphatic carbocycles. The minimum Gasteiger partial charge on any atom is -0.339 e. The van der Waals surface area contributed by atoms with E-state index in [1.807, 2.05) is 24.3 Å². The first-order valence-corrected chi connectivity index (χ1v) is 7.68. The van der Waals surface area contributed by atoms with Gasteiger partial charge in [-0.1, -0.05) is 12.1 Å². The Bertz CT molecular complexity index is 633. The second kappa shape index (κ2) is 6.08. The summed E-state index contributed by atoms with van der Waals surface area (Å²) in [6.07, 6.45) is 1.78. The minimum absolute atomic E-state index is 0.292. The second-order valence-corrected chi connectivity index (χ2v) is 5.81. The van der Waals surface area contributed by atoms with E-state index < -0.39 is 0 Å². The van der Waals surface area contributed by atoms with Gasteiger partial charge in [0.25, 0.3) is 0 Å². The average molecular weight is 354 g/mol. The third-order valence-electron chi connectivity index (χ3n) is 3.28. The normalized spacial score (nSPS) is 14.5. The fourth-order valence-corrected chi connectivity index (χ4v) is 2.88. The molecule has 1 aliphatic heterocycles. The summed E-state index contributed by atoms with van der Waals surface area (Å²) in [5, 5.41) is 7.02. The molecule has 1 aromatic carbocycles. The molecule has 6 heteroatoms. The van der Waals surface area contributed by atoms with Crippen molar-refractivity contribution in [1.82, 2.24) is 15.3 Å². The number of benzene rings is 1. The molecular formula is C14H14BrClN4. The van der Waals surface area contributed by atoms with Crippen LogP contribution in [0, 0.1) is 0 Å². The monoisotopic (exact) mass is 352 g/mol. The van der Waals surface area contributed by atoms with Crippen LogP contribution in [0.5, 0.6) is 0 Å². The van der Waals surface area contributed by atoms with Crippen molar-refractivity contribution in [3.05, 3.63) is 45.3 Å². The van der Waals surface area contributed by atoms with Crippen molar-refractivity contribution in [3.63, 3.8) is 0 Å². The van der Waals surface area contributed by atoms with E-state index >= 15 is 0 Å². The van der Waals surface area contributed by atoms with Gasteiger partial charge in [-0.3, -0.25) is 0 Å². The predicted octanol–water partition coefficient (Wildman–Crippen LogP) is 3.32. The molecule has 20 heavy (non-hydrogen) atoms. The number of hydrogen-bond donors (Lipinski definition) is 2. The van der Waals surface area contributed by atoms with Gasteiger partial charge in [-0.2, -0.15) is 0 Å². The summed E-state index contributed by atoms with van der Waals surface area (Å²) >= 11 is 9.58. The highest BCUT2D eigenvalue weighted by Crippen LogP contribution is 2.28. The van der Waals surface area contributed by atoms with Gasteiger partial charge < -0.3 is 10.6 Å². The Kier molecular flexibility index (Phi) is 4.19. The Morgan fingerprint density at radius 3 is 2.80 bits per heavy atom. The van der Waals surface area contributed by atoms with Crippen molar-refractivity contribution in [2.45, 2.75) is 12.8 Å². The highest BCUT2D eigenvalue weighted by Gasteiger charge is 2.16. The Hall–Kier alpha value is -1.17. The molecule has 1 aliphatic rings. The maximum absolute atomic E-state index is 6.05. The molecule has 0 radical (unpaired) electrons. The fraction of sp³-hybridized carbons (Fsp3) is 0.286. The van der Waals surface area contributed by atoms with Crippen molar-refractivity contribution in [1.29, 1.82) is 0 Å². The molecule has 4 nitrogen and oxygen atoms in total. The maximum atomic E-state index is 6.05. The van der Waals surface area contributed by atoms with E-state index in [2.05, 4.69) is 36.5 Å². The zero-order chi connectivity index (χ0) is 13.9. The maximum Gasteiger partial charge on any atom is 0.224 e. The Labute approximate surface area is 131 Å². The first kappa shape index (κ1) is 13.8. The lowest BCUT2D eigenvalue weighted by Gasteiger charge is -2.14. The van der Waals surface area contributed by atoms with Gasteiger partial charge >= 0.3 is 0 Å². The largest absolute Gasteiger partial charge is 0.339 e. The number of anilines is 2. The van der Waals surface area contributed by atoms with Crippen LogP contribution in [-0.2, 0) is 12.8 Å². The highest BCUT2D eigenvalue weighted by atomic mass is 79.9. The summed E-state index contributed by atoms with van der Waals surface area (Å²) in [5.41, 5.74) is 3.15. The number of halogens is 2. The number of fused-ring (bicyclic) bond motifs is 1. The van der Waals surface area contributed by atoms with E-state index in [9.17, 15) is 0 Å². The van der Waals surface area contributed by atoms with Gasteiger partial charge in [0.05, 0.1) is 11.4 Å². The van der Waals surface area contributed by atoms with Gasteiger partial charge in [0.1, 0.15) is 5.82 Å². The van der Waals surface area contributed by atoms with E-state index in [0.29, 0.717) is 5.28 Å². The van der Waals surface area contributed by atoms with Gasteiger partial charge in [0, 0.05) is 23.0 Å². The summed E-state index contributed by atoms with van der Waals surface area (Å²) in [6, 6.07) is 7.95. The second-order valence-electron chi connectivity index (χ2n) is 4.62. The molecule has 3 rings (SSSR count). The topological polar surface area (TPSA) is 49.8 Å². The van der Waals surface area contributed by atoms with E-state index in [1.165, 1.54) is 0 Å². The van der Waals surface area contributed by atoms with Gasteiger partial charge in [0.2, 0.25) is 5.28 Å². The van der Waals surface area contributed by atoms with Crippen LogP contribution < -0.4 is 10.6 Å².